The highest BCUT2D eigenvalue weighted by Gasteiger charge is 2.26. The summed E-state index contributed by atoms with van der Waals surface area (Å²) in [6, 6.07) is 5.95. The number of amides is 1. The maximum absolute atomic E-state index is 11.7. The topological polar surface area (TPSA) is 42.4 Å². The third-order valence-corrected chi connectivity index (χ3v) is 3.62. The van der Waals surface area contributed by atoms with Crippen molar-refractivity contribution < 1.29 is 9.53 Å². The van der Waals surface area contributed by atoms with E-state index >= 15 is 0 Å². The van der Waals surface area contributed by atoms with E-state index in [1.165, 1.54) is 0 Å². The summed E-state index contributed by atoms with van der Waals surface area (Å²) in [7, 11) is 1.55. The van der Waals surface area contributed by atoms with Crippen molar-refractivity contribution in [2.75, 3.05) is 26.8 Å². The predicted molar refractivity (Wildman–Crippen MR) is 72.2 cm³/mol. The zero-order valence-electron chi connectivity index (χ0n) is 10.4. The standard InChI is InChI=1S/C13H17BrN2O2/c1-18-9-13(17)16-6-5-10(8-16)7-11-3-2-4-12(14)15-11/h2-4,10H,5-9H2,1H3/t10-/m0/s1. The number of rotatable bonds is 4. The van der Waals surface area contributed by atoms with Crippen LogP contribution in [0.15, 0.2) is 22.8 Å². The Balaban J connectivity index is 1.88. The average Bonchev–Trinajstić information content (AvgIpc) is 2.78. The van der Waals surface area contributed by atoms with Crippen molar-refractivity contribution in [2.24, 2.45) is 5.92 Å². The number of halogens is 1. The van der Waals surface area contributed by atoms with Gasteiger partial charge in [0, 0.05) is 25.9 Å². The first-order chi connectivity index (χ1) is 8.69. The first kappa shape index (κ1) is 13.5. The Hall–Kier alpha value is -0.940. The molecule has 4 nitrogen and oxygen atoms in total. The van der Waals surface area contributed by atoms with Crippen LogP contribution >= 0.6 is 15.9 Å². The van der Waals surface area contributed by atoms with Crippen molar-refractivity contribution in [3.63, 3.8) is 0 Å². The van der Waals surface area contributed by atoms with E-state index in [0.717, 1.165) is 36.2 Å². The Labute approximate surface area is 115 Å². The van der Waals surface area contributed by atoms with Crippen LogP contribution < -0.4 is 0 Å². The van der Waals surface area contributed by atoms with Gasteiger partial charge in [0.1, 0.15) is 11.2 Å². The maximum atomic E-state index is 11.7. The minimum atomic E-state index is 0.0854. The number of nitrogens with zero attached hydrogens (tertiary/aromatic N) is 2. The number of hydrogen-bond donors (Lipinski definition) is 0. The highest BCUT2D eigenvalue weighted by atomic mass is 79.9. The van der Waals surface area contributed by atoms with Crippen molar-refractivity contribution in [1.82, 2.24) is 9.88 Å². The molecule has 1 fully saturated rings. The van der Waals surface area contributed by atoms with Crippen LogP contribution in [0.4, 0.5) is 0 Å². The normalized spacial score (nSPS) is 19.2. The molecule has 18 heavy (non-hydrogen) atoms. The molecule has 1 saturated heterocycles. The van der Waals surface area contributed by atoms with Gasteiger partial charge in [-0.15, -0.1) is 0 Å². The second kappa shape index (κ2) is 6.29. The Bertz CT molecular complexity index is 425. The van der Waals surface area contributed by atoms with Gasteiger partial charge in [0.2, 0.25) is 5.91 Å². The molecule has 5 heteroatoms. The van der Waals surface area contributed by atoms with Gasteiger partial charge >= 0.3 is 0 Å². The molecular weight excluding hydrogens is 296 g/mol. The van der Waals surface area contributed by atoms with Gasteiger partial charge in [-0.1, -0.05) is 6.07 Å². The molecule has 2 rings (SSSR count). The van der Waals surface area contributed by atoms with Crippen LogP contribution in [0.1, 0.15) is 12.1 Å². The smallest absolute Gasteiger partial charge is 0.248 e. The average molecular weight is 313 g/mol. The Morgan fingerprint density at radius 1 is 1.61 bits per heavy atom. The molecule has 0 saturated carbocycles. The van der Waals surface area contributed by atoms with Crippen LogP contribution in [0.25, 0.3) is 0 Å². The molecule has 1 aliphatic rings. The summed E-state index contributed by atoms with van der Waals surface area (Å²) in [5.74, 6) is 0.592. The van der Waals surface area contributed by atoms with Crippen molar-refractivity contribution >= 4 is 21.8 Å². The molecule has 0 N–H and O–H groups in total. The molecule has 0 unspecified atom stereocenters. The molecule has 0 aliphatic carbocycles. The van der Waals surface area contributed by atoms with E-state index in [9.17, 15) is 4.79 Å². The molecule has 1 aliphatic heterocycles. The summed E-state index contributed by atoms with van der Waals surface area (Å²) in [5.41, 5.74) is 1.08. The number of hydrogen-bond acceptors (Lipinski definition) is 3. The van der Waals surface area contributed by atoms with Gasteiger partial charge in [0.25, 0.3) is 0 Å². The van der Waals surface area contributed by atoms with Gasteiger partial charge in [0.05, 0.1) is 0 Å². The van der Waals surface area contributed by atoms with E-state index < -0.39 is 0 Å². The van der Waals surface area contributed by atoms with Crippen molar-refractivity contribution in [3.05, 3.63) is 28.5 Å². The van der Waals surface area contributed by atoms with Gasteiger partial charge in [-0.05, 0) is 46.8 Å². The van der Waals surface area contributed by atoms with Gasteiger partial charge in [-0.3, -0.25) is 4.79 Å². The maximum Gasteiger partial charge on any atom is 0.248 e. The van der Waals surface area contributed by atoms with Gasteiger partial charge in [-0.25, -0.2) is 4.98 Å². The molecule has 98 valence electrons. The zero-order chi connectivity index (χ0) is 13.0. The van der Waals surface area contributed by atoms with Crippen LogP contribution in [0.5, 0.6) is 0 Å². The Kier molecular flexibility index (Phi) is 4.72. The Morgan fingerprint density at radius 3 is 3.17 bits per heavy atom. The molecular formula is C13H17BrN2O2. The zero-order valence-corrected chi connectivity index (χ0v) is 12.0. The Morgan fingerprint density at radius 2 is 2.44 bits per heavy atom. The van der Waals surface area contributed by atoms with Crippen LogP contribution in [0.3, 0.4) is 0 Å². The lowest BCUT2D eigenvalue weighted by Gasteiger charge is -2.15. The SMILES string of the molecule is COCC(=O)N1CC[C@@H](Cc2cccc(Br)n2)C1. The van der Waals surface area contributed by atoms with E-state index in [-0.39, 0.29) is 12.5 Å². The van der Waals surface area contributed by atoms with Crippen LogP contribution in [0.2, 0.25) is 0 Å². The van der Waals surface area contributed by atoms with E-state index in [0.29, 0.717) is 5.92 Å². The molecule has 0 spiro atoms. The van der Waals surface area contributed by atoms with E-state index in [2.05, 4.69) is 20.9 Å². The summed E-state index contributed by atoms with van der Waals surface area (Å²) in [6.07, 6.45) is 1.97. The number of carbonyl (C=O) groups is 1. The lowest BCUT2D eigenvalue weighted by Crippen LogP contribution is -2.31. The fourth-order valence-electron chi connectivity index (χ4n) is 2.30. The number of ether oxygens (including phenoxy) is 1. The summed E-state index contributed by atoms with van der Waals surface area (Å²) >= 11 is 3.37. The largest absolute Gasteiger partial charge is 0.375 e. The van der Waals surface area contributed by atoms with E-state index in [1.54, 1.807) is 7.11 Å². The lowest BCUT2D eigenvalue weighted by molar-refractivity contribution is -0.134. The molecule has 1 amide bonds. The van der Waals surface area contributed by atoms with Crippen molar-refractivity contribution in [1.29, 1.82) is 0 Å². The quantitative estimate of drug-likeness (QED) is 0.797. The number of carbonyl (C=O) groups excluding carboxylic acids is 1. The minimum Gasteiger partial charge on any atom is -0.375 e. The number of aromatic nitrogens is 1. The molecule has 1 aromatic heterocycles. The highest BCUT2D eigenvalue weighted by molar-refractivity contribution is 9.10. The fourth-order valence-corrected chi connectivity index (χ4v) is 2.68. The molecule has 1 aromatic rings. The predicted octanol–water partition coefficient (Wildman–Crippen LogP) is 1.88. The summed E-state index contributed by atoms with van der Waals surface area (Å²) in [6.45, 7) is 1.83. The molecule has 0 aromatic carbocycles. The molecule has 0 radical (unpaired) electrons. The first-order valence-electron chi connectivity index (χ1n) is 6.07. The fraction of sp³-hybridized carbons (Fsp3) is 0.538. The molecule has 0 bridgehead atoms. The second-order valence-corrected chi connectivity index (χ2v) is 5.40. The third kappa shape index (κ3) is 3.53. The van der Waals surface area contributed by atoms with Crippen LogP contribution in [0, 0.1) is 5.92 Å². The van der Waals surface area contributed by atoms with Crippen LogP contribution in [-0.2, 0) is 16.0 Å². The van der Waals surface area contributed by atoms with E-state index in [4.69, 9.17) is 4.74 Å². The first-order valence-corrected chi connectivity index (χ1v) is 6.86. The summed E-state index contributed by atoms with van der Waals surface area (Å²) in [5, 5.41) is 0. The number of methoxy groups -OCH3 is 1. The minimum absolute atomic E-state index is 0.0854. The molecule has 2 heterocycles. The van der Waals surface area contributed by atoms with Gasteiger partial charge in [0.15, 0.2) is 0 Å². The highest BCUT2D eigenvalue weighted by Crippen LogP contribution is 2.20. The van der Waals surface area contributed by atoms with Gasteiger partial charge in [-0.2, -0.15) is 0 Å². The molecule has 1 atom stereocenters. The van der Waals surface area contributed by atoms with E-state index in [1.807, 2.05) is 23.1 Å². The summed E-state index contributed by atoms with van der Waals surface area (Å²) in [4.78, 5) is 18.0. The van der Waals surface area contributed by atoms with Crippen LogP contribution in [-0.4, -0.2) is 42.6 Å². The summed E-state index contributed by atoms with van der Waals surface area (Å²) < 4.78 is 5.74. The van der Waals surface area contributed by atoms with Crippen molar-refractivity contribution in [3.8, 4) is 0 Å². The number of pyridine rings is 1. The second-order valence-electron chi connectivity index (χ2n) is 4.58. The van der Waals surface area contributed by atoms with Gasteiger partial charge < -0.3 is 9.64 Å². The monoisotopic (exact) mass is 312 g/mol. The lowest BCUT2D eigenvalue weighted by atomic mass is 10.0. The third-order valence-electron chi connectivity index (χ3n) is 3.18. The number of likely N-dealkylation sites (tertiary alicyclic amines) is 1. The van der Waals surface area contributed by atoms with Crippen molar-refractivity contribution in [2.45, 2.75) is 12.8 Å².